The Kier molecular flexibility index (Phi) is 2.23. The second kappa shape index (κ2) is 3.37. The van der Waals surface area contributed by atoms with Gasteiger partial charge in [-0.25, -0.2) is 9.36 Å². The van der Waals surface area contributed by atoms with Gasteiger partial charge in [0, 0.05) is 0 Å². The summed E-state index contributed by atoms with van der Waals surface area (Å²) in [5, 5.41) is 6.82. The highest BCUT2D eigenvalue weighted by molar-refractivity contribution is 5.69. The van der Waals surface area contributed by atoms with Gasteiger partial charge in [0.1, 0.15) is 12.7 Å². The third-order valence-corrected chi connectivity index (χ3v) is 0.909. The van der Waals surface area contributed by atoms with Crippen LogP contribution >= 0.6 is 0 Å². The zero-order chi connectivity index (χ0) is 8.10. The first-order valence-corrected chi connectivity index (χ1v) is 2.80. The molecule has 1 aromatic heterocycles. The third-order valence-electron chi connectivity index (χ3n) is 0.909. The number of hydrogen-bond acceptors (Lipinski definition) is 4. The molecule has 0 amide bonds. The van der Waals surface area contributed by atoms with Crippen LogP contribution in [0.25, 0.3) is 0 Å². The maximum Gasteiger partial charge on any atom is 0.421 e. The monoisotopic (exact) mass is 151 g/mol. The van der Waals surface area contributed by atoms with E-state index in [0.717, 1.165) is 4.57 Å². The summed E-state index contributed by atoms with van der Waals surface area (Å²) >= 11 is 0. The molecule has 0 fully saturated rings. The Bertz CT molecular complexity index is 273. The van der Waals surface area contributed by atoms with Crippen molar-refractivity contribution >= 4 is 6.09 Å². The summed E-state index contributed by atoms with van der Waals surface area (Å²) in [4.78, 5) is 10.8. The van der Waals surface area contributed by atoms with E-state index >= 15 is 0 Å². The second-order valence-corrected chi connectivity index (χ2v) is 1.63. The van der Waals surface area contributed by atoms with Crippen molar-refractivity contribution in [2.75, 3.05) is 6.61 Å². The van der Waals surface area contributed by atoms with E-state index in [-0.39, 0.29) is 6.61 Å². The summed E-state index contributed by atoms with van der Waals surface area (Å²) in [6, 6.07) is 0. The Morgan fingerprint density at radius 1 is 1.64 bits per heavy atom. The number of terminal acetylenes is 1. The Morgan fingerprint density at radius 3 is 2.82 bits per heavy atom. The zero-order valence-corrected chi connectivity index (χ0v) is 5.60. The molecule has 0 atom stereocenters. The lowest BCUT2D eigenvalue weighted by Crippen LogP contribution is -2.11. The fourth-order valence-corrected chi connectivity index (χ4v) is 0.473. The van der Waals surface area contributed by atoms with Crippen LogP contribution in [-0.2, 0) is 4.74 Å². The van der Waals surface area contributed by atoms with Gasteiger partial charge < -0.3 is 4.74 Å². The predicted molar refractivity (Wildman–Crippen MR) is 35.6 cm³/mol. The van der Waals surface area contributed by atoms with Gasteiger partial charge in [-0.1, -0.05) is 5.92 Å². The number of ether oxygens (including phenoxy) is 1. The first kappa shape index (κ1) is 7.28. The van der Waals surface area contributed by atoms with Crippen molar-refractivity contribution in [2.45, 2.75) is 0 Å². The number of hydrogen-bond donors (Lipinski definition) is 0. The van der Waals surface area contributed by atoms with E-state index in [1.165, 1.54) is 12.7 Å². The van der Waals surface area contributed by atoms with Crippen LogP contribution in [0.4, 0.5) is 4.79 Å². The Hall–Kier alpha value is -1.83. The van der Waals surface area contributed by atoms with Crippen molar-refractivity contribution < 1.29 is 9.53 Å². The summed E-state index contributed by atoms with van der Waals surface area (Å²) in [6.45, 7) is -0.0446. The number of carbonyl (C=O) groups excluding carboxylic acids is 1. The first-order chi connectivity index (χ1) is 5.34. The molecule has 1 heterocycles. The molecule has 0 bridgehead atoms. The topological polar surface area (TPSA) is 57.0 Å². The molecule has 0 N–H and O–H groups in total. The smallest absolute Gasteiger partial charge is 0.421 e. The lowest BCUT2D eigenvalue weighted by Gasteiger charge is -1.97. The molecule has 0 unspecified atom stereocenters. The summed E-state index contributed by atoms with van der Waals surface area (Å²) in [7, 11) is 0. The van der Waals surface area contributed by atoms with Gasteiger partial charge in [-0.15, -0.1) is 16.6 Å². The van der Waals surface area contributed by atoms with E-state index in [1.807, 2.05) is 0 Å². The molecular formula is C6H5N3O2. The molecule has 0 spiro atoms. The van der Waals surface area contributed by atoms with Crippen LogP contribution in [0.3, 0.4) is 0 Å². The fourth-order valence-electron chi connectivity index (χ4n) is 0.473. The van der Waals surface area contributed by atoms with Crippen LogP contribution in [0.1, 0.15) is 0 Å². The summed E-state index contributed by atoms with van der Waals surface area (Å²) in [6.07, 6.45) is 6.76. The van der Waals surface area contributed by atoms with Gasteiger partial charge in [0.2, 0.25) is 0 Å². The van der Waals surface area contributed by atoms with Crippen molar-refractivity contribution in [3.8, 4) is 12.3 Å². The average Bonchev–Trinajstić information content (AvgIpc) is 2.52. The van der Waals surface area contributed by atoms with Crippen LogP contribution in [-0.4, -0.2) is 27.5 Å². The first-order valence-electron chi connectivity index (χ1n) is 2.80. The molecule has 1 rings (SSSR count). The number of rotatable bonds is 1. The van der Waals surface area contributed by atoms with Gasteiger partial charge in [0.05, 0.1) is 0 Å². The van der Waals surface area contributed by atoms with Gasteiger partial charge in [-0.2, -0.15) is 0 Å². The average molecular weight is 151 g/mol. The predicted octanol–water partition coefficient (Wildman–Crippen LogP) is -0.104. The van der Waals surface area contributed by atoms with E-state index in [2.05, 4.69) is 20.9 Å². The molecule has 11 heavy (non-hydrogen) atoms. The van der Waals surface area contributed by atoms with Crippen molar-refractivity contribution in [1.82, 2.24) is 14.8 Å². The molecular weight excluding hydrogens is 146 g/mol. The highest BCUT2D eigenvalue weighted by Gasteiger charge is 2.02. The lowest BCUT2D eigenvalue weighted by molar-refractivity contribution is 0.161. The number of nitrogens with zero attached hydrogens (tertiary/aromatic N) is 3. The highest BCUT2D eigenvalue weighted by Crippen LogP contribution is 1.85. The third kappa shape index (κ3) is 1.79. The Morgan fingerprint density at radius 2 is 2.27 bits per heavy atom. The molecule has 56 valence electrons. The molecule has 0 aliphatic carbocycles. The fraction of sp³-hybridized carbons (Fsp3) is 0.167. The highest BCUT2D eigenvalue weighted by atomic mass is 16.5. The molecule has 0 aliphatic heterocycles. The molecule has 5 nitrogen and oxygen atoms in total. The normalized spacial score (nSPS) is 8.64. The van der Waals surface area contributed by atoms with E-state index in [9.17, 15) is 4.79 Å². The molecule has 0 saturated carbocycles. The maximum atomic E-state index is 10.8. The molecule has 0 aromatic carbocycles. The van der Waals surface area contributed by atoms with E-state index in [0.29, 0.717) is 0 Å². The Labute approximate surface area is 63.0 Å². The quantitative estimate of drug-likeness (QED) is 0.526. The molecule has 0 radical (unpaired) electrons. The van der Waals surface area contributed by atoms with Crippen molar-refractivity contribution in [3.63, 3.8) is 0 Å². The largest absolute Gasteiger partial charge is 0.436 e. The van der Waals surface area contributed by atoms with Gasteiger partial charge in [0.15, 0.2) is 6.61 Å². The van der Waals surface area contributed by atoms with E-state index in [4.69, 9.17) is 6.42 Å². The molecule has 0 aliphatic rings. The van der Waals surface area contributed by atoms with Gasteiger partial charge in [0.25, 0.3) is 0 Å². The maximum absolute atomic E-state index is 10.8. The summed E-state index contributed by atoms with van der Waals surface area (Å²) in [5.74, 6) is 2.16. The summed E-state index contributed by atoms with van der Waals surface area (Å²) < 4.78 is 5.64. The second-order valence-electron chi connectivity index (χ2n) is 1.63. The van der Waals surface area contributed by atoms with Crippen LogP contribution in [0.5, 0.6) is 0 Å². The van der Waals surface area contributed by atoms with Gasteiger partial charge >= 0.3 is 6.09 Å². The minimum atomic E-state index is -0.576. The van der Waals surface area contributed by atoms with E-state index < -0.39 is 6.09 Å². The SMILES string of the molecule is C#CCOC(=O)n1cnnc1. The molecule has 0 saturated heterocycles. The molecule has 5 heteroatoms. The van der Waals surface area contributed by atoms with Crippen LogP contribution in [0.15, 0.2) is 12.7 Å². The lowest BCUT2D eigenvalue weighted by atomic mass is 10.7. The van der Waals surface area contributed by atoms with Crippen LogP contribution in [0, 0.1) is 12.3 Å². The van der Waals surface area contributed by atoms with Crippen LogP contribution in [0.2, 0.25) is 0 Å². The molecule has 1 aromatic rings. The number of aromatic nitrogens is 3. The van der Waals surface area contributed by atoms with E-state index in [1.54, 1.807) is 0 Å². The Balaban J connectivity index is 2.51. The standard InChI is InChI=1S/C6H5N3O2/c1-2-3-11-6(10)9-4-7-8-5-9/h1,4-5H,3H2. The minimum absolute atomic E-state index is 0.0446. The van der Waals surface area contributed by atoms with Crippen molar-refractivity contribution in [3.05, 3.63) is 12.7 Å². The summed E-state index contributed by atoms with van der Waals surface area (Å²) in [5.41, 5.74) is 0. The number of carbonyl (C=O) groups is 1. The zero-order valence-electron chi connectivity index (χ0n) is 5.60. The van der Waals surface area contributed by atoms with Gasteiger partial charge in [-0.3, -0.25) is 0 Å². The minimum Gasteiger partial charge on any atom is -0.436 e. The van der Waals surface area contributed by atoms with Crippen molar-refractivity contribution in [2.24, 2.45) is 0 Å². The van der Waals surface area contributed by atoms with Gasteiger partial charge in [-0.05, 0) is 0 Å². The van der Waals surface area contributed by atoms with Crippen LogP contribution < -0.4 is 0 Å². The van der Waals surface area contributed by atoms with Crippen molar-refractivity contribution in [1.29, 1.82) is 0 Å².